The number of piperidine rings is 1. The van der Waals surface area contributed by atoms with Crippen LogP contribution >= 0.6 is 0 Å². The predicted octanol–water partition coefficient (Wildman–Crippen LogP) is 1.22. The molecule has 2 saturated heterocycles. The van der Waals surface area contributed by atoms with Crippen LogP contribution in [0.5, 0.6) is 0 Å². The van der Waals surface area contributed by atoms with Crippen molar-refractivity contribution in [2.45, 2.75) is 64.1 Å². The van der Waals surface area contributed by atoms with Gasteiger partial charge in [0.2, 0.25) is 5.28 Å². The van der Waals surface area contributed by atoms with Gasteiger partial charge in [-0.3, -0.25) is 0 Å². The number of hydrogen-bond acceptors (Lipinski definition) is 5. The Morgan fingerprint density at radius 3 is 2.79 bits per heavy atom. The second-order valence-electron chi connectivity index (χ2n) is 7.47. The summed E-state index contributed by atoms with van der Waals surface area (Å²) in [5.74, 6) is 0. The van der Waals surface area contributed by atoms with E-state index < -0.39 is 0 Å². The molecule has 9 nitrogen and oxygen atoms in total. The summed E-state index contributed by atoms with van der Waals surface area (Å²) < 4.78 is 0. The molecule has 0 bridgehead atoms. The molecule has 2 atom stereocenters. The van der Waals surface area contributed by atoms with Gasteiger partial charge in [-0.05, 0) is 40.0 Å². The minimum atomic E-state index is -0.292. The number of urea groups is 1. The van der Waals surface area contributed by atoms with Crippen molar-refractivity contribution < 1.29 is 19.7 Å². The predicted molar refractivity (Wildman–Crippen MR) is 86.8 cm³/mol. The van der Waals surface area contributed by atoms with Crippen molar-refractivity contribution >= 4 is 6.03 Å². The van der Waals surface area contributed by atoms with E-state index in [1.807, 2.05) is 20.8 Å². The van der Waals surface area contributed by atoms with Gasteiger partial charge in [-0.25, -0.2) is 4.79 Å². The minimum Gasteiger partial charge on any atom is -0.569 e. The summed E-state index contributed by atoms with van der Waals surface area (Å²) >= 11 is 0. The van der Waals surface area contributed by atoms with Crippen LogP contribution in [0.2, 0.25) is 0 Å². The second kappa shape index (κ2) is 7.87. The molecule has 2 rings (SSSR count). The third kappa shape index (κ3) is 5.12. The van der Waals surface area contributed by atoms with E-state index in [0.717, 1.165) is 19.3 Å². The summed E-state index contributed by atoms with van der Waals surface area (Å²) in [6.07, 6.45) is 3.02. The van der Waals surface area contributed by atoms with E-state index in [4.69, 9.17) is 4.84 Å². The fourth-order valence-electron chi connectivity index (χ4n) is 2.95. The molecule has 2 aliphatic heterocycles. The Labute approximate surface area is 142 Å². The van der Waals surface area contributed by atoms with Gasteiger partial charge in [-0.15, -0.1) is 5.01 Å². The fourth-order valence-corrected chi connectivity index (χ4v) is 2.95. The first-order valence-electron chi connectivity index (χ1n) is 8.58. The van der Waals surface area contributed by atoms with E-state index in [1.54, 1.807) is 4.90 Å². The number of aliphatic hydroxyl groups excluding tert-OH is 1. The highest BCUT2D eigenvalue weighted by Gasteiger charge is 2.32. The molecule has 0 saturated carbocycles. The van der Waals surface area contributed by atoms with Crippen molar-refractivity contribution in [2.24, 2.45) is 5.28 Å². The first-order chi connectivity index (χ1) is 11.3. The molecule has 0 aromatic rings. The van der Waals surface area contributed by atoms with E-state index in [-0.39, 0.29) is 30.3 Å². The highest BCUT2D eigenvalue weighted by Crippen LogP contribution is 2.18. The van der Waals surface area contributed by atoms with Gasteiger partial charge >= 0.3 is 6.03 Å². The third-order valence-electron chi connectivity index (χ3n) is 4.21. The molecule has 138 valence electrons. The smallest absolute Gasteiger partial charge is 0.317 e. The molecule has 0 aromatic heterocycles. The number of carbonyl (C=O) groups is 1. The lowest BCUT2D eigenvalue weighted by atomic mass is 10.1. The van der Waals surface area contributed by atoms with Crippen LogP contribution in [0.3, 0.4) is 0 Å². The van der Waals surface area contributed by atoms with E-state index in [1.165, 1.54) is 5.01 Å². The lowest BCUT2D eigenvalue weighted by Gasteiger charge is -2.29. The van der Waals surface area contributed by atoms with Crippen LogP contribution in [0.25, 0.3) is 0 Å². The van der Waals surface area contributed by atoms with Crippen LogP contribution in [0, 0.1) is 5.21 Å². The number of nitrogens with zero attached hydrogens (tertiary/aromatic N) is 4. The number of aliphatic hydroxyl groups is 1. The van der Waals surface area contributed by atoms with Crippen LogP contribution < -0.4 is 5.32 Å². The van der Waals surface area contributed by atoms with Crippen LogP contribution in [0.4, 0.5) is 4.79 Å². The molecular formula is C15H29N5O4. The maximum Gasteiger partial charge on any atom is 0.317 e. The normalized spacial score (nSPS) is 25.8. The zero-order valence-corrected chi connectivity index (χ0v) is 14.8. The van der Waals surface area contributed by atoms with Gasteiger partial charge in [-0.1, -0.05) is 0 Å². The summed E-state index contributed by atoms with van der Waals surface area (Å²) in [4.78, 5) is 19.5. The zero-order valence-electron chi connectivity index (χ0n) is 14.8. The van der Waals surface area contributed by atoms with Gasteiger partial charge in [0, 0.05) is 18.5 Å². The number of rotatable bonds is 4. The lowest BCUT2D eigenvalue weighted by Crippen LogP contribution is -2.48. The van der Waals surface area contributed by atoms with Crippen molar-refractivity contribution in [3.8, 4) is 0 Å². The van der Waals surface area contributed by atoms with Gasteiger partial charge in [0.25, 0.3) is 0 Å². The molecule has 0 aliphatic carbocycles. The van der Waals surface area contributed by atoms with Gasteiger partial charge < -0.3 is 25.4 Å². The average molecular weight is 343 g/mol. The van der Waals surface area contributed by atoms with Crippen molar-refractivity contribution in [3.63, 3.8) is 0 Å². The van der Waals surface area contributed by atoms with Gasteiger partial charge in [0.1, 0.15) is 6.04 Å². The number of amides is 2. The summed E-state index contributed by atoms with van der Waals surface area (Å²) in [7, 11) is 0. The highest BCUT2D eigenvalue weighted by molar-refractivity contribution is 5.75. The number of nitrogens with one attached hydrogen (secondary N) is 1. The summed E-state index contributed by atoms with van der Waals surface area (Å²) in [5, 5.41) is 29.4. The van der Waals surface area contributed by atoms with Crippen molar-refractivity contribution in [1.29, 1.82) is 0 Å². The maximum absolute atomic E-state index is 12.1. The van der Waals surface area contributed by atoms with E-state index in [0.29, 0.717) is 31.0 Å². The Bertz CT molecular complexity index is 465. The zero-order chi connectivity index (χ0) is 17.7. The molecule has 2 amide bonds. The highest BCUT2D eigenvalue weighted by atomic mass is 16.7. The quantitative estimate of drug-likeness (QED) is 0.454. The monoisotopic (exact) mass is 343 g/mol. The molecule has 2 aliphatic rings. The Morgan fingerprint density at radius 2 is 2.12 bits per heavy atom. The second-order valence-corrected chi connectivity index (χ2v) is 7.47. The molecule has 2 heterocycles. The van der Waals surface area contributed by atoms with E-state index in [9.17, 15) is 15.1 Å². The molecule has 0 spiro atoms. The maximum atomic E-state index is 12.1. The largest absolute Gasteiger partial charge is 0.569 e. The molecular weight excluding hydrogens is 314 g/mol. The first kappa shape index (κ1) is 18.6. The fraction of sp³-hybridized carbons (Fsp3) is 0.933. The van der Waals surface area contributed by atoms with E-state index in [2.05, 4.69) is 10.6 Å². The SMILES string of the molecule is CC(C)(C)NC(=O)N1CC[C@@H](O/N=[N+](\[O-])N2CCCCC2CO)C1. The Hall–Kier alpha value is -1.77. The average Bonchev–Trinajstić information content (AvgIpc) is 3.00. The Kier molecular flexibility index (Phi) is 6.09. The summed E-state index contributed by atoms with van der Waals surface area (Å²) in [6, 6.07) is -0.342. The third-order valence-corrected chi connectivity index (χ3v) is 4.21. The standard InChI is InChI=1S/C15H29N5O4/c1-15(2,3)16-14(22)18-9-7-13(10-18)24-17-20(23)19-8-5-4-6-12(19)11-21/h12-13,21H,4-11H2,1-3H3,(H,16,22)/b20-17-/t12?,13-/m1/s1. The first-order valence-corrected chi connectivity index (χ1v) is 8.58. The number of hydrazine groups is 1. The molecule has 9 heteroatoms. The van der Waals surface area contributed by atoms with Crippen molar-refractivity contribution in [1.82, 2.24) is 15.2 Å². The molecule has 2 fully saturated rings. The Morgan fingerprint density at radius 1 is 1.38 bits per heavy atom. The summed E-state index contributed by atoms with van der Waals surface area (Å²) in [6.45, 7) is 7.25. The van der Waals surface area contributed by atoms with Crippen molar-refractivity contribution in [3.05, 3.63) is 5.21 Å². The topological polar surface area (TPSA) is 103 Å². The van der Waals surface area contributed by atoms with Crippen LogP contribution in [-0.4, -0.2) is 69.9 Å². The lowest BCUT2D eigenvalue weighted by molar-refractivity contribution is -0.721. The van der Waals surface area contributed by atoms with Crippen molar-refractivity contribution in [2.75, 3.05) is 26.2 Å². The molecule has 0 radical (unpaired) electrons. The number of carbonyl (C=O) groups excluding carboxylic acids is 1. The number of hydrogen-bond donors (Lipinski definition) is 2. The Balaban J connectivity index is 1.83. The molecule has 1 unspecified atom stereocenters. The number of likely N-dealkylation sites (tertiary alicyclic amines) is 1. The van der Waals surface area contributed by atoms with Gasteiger partial charge in [0.15, 0.2) is 6.10 Å². The minimum absolute atomic E-state index is 0.0710. The van der Waals surface area contributed by atoms with Gasteiger partial charge in [0.05, 0.1) is 24.7 Å². The van der Waals surface area contributed by atoms with Crippen LogP contribution in [0.1, 0.15) is 46.5 Å². The summed E-state index contributed by atoms with van der Waals surface area (Å²) in [5.41, 5.74) is -0.292. The van der Waals surface area contributed by atoms with Crippen LogP contribution in [-0.2, 0) is 4.84 Å². The molecule has 0 aromatic carbocycles. The van der Waals surface area contributed by atoms with Gasteiger partial charge in [-0.2, -0.15) is 0 Å². The molecule has 24 heavy (non-hydrogen) atoms. The van der Waals surface area contributed by atoms with Crippen LogP contribution in [0.15, 0.2) is 5.28 Å². The van der Waals surface area contributed by atoms with E-state index >= 15 is 0 Å². The molecule has 2 N–H and O–H groups in total.